The summed E-state index contributed by atoms with van der Waals surface area (Å²) in [4.78, 5) is 0. The Morgan fingerprint density at radius 2 is 1.71 bits per heavy atom. The Bertz CT molecular complexity index is 281. The van der Waals surface area contributed by atoms with Crippen LogP contribution in [0.2, 0.25) is 0 Å². The molecule has 2 rings (SSSR count). The zero-order chi connectivity index (χ0) is 12.7. The van der Waals surface area contributed by atoms with Crippen LogP contribution in [0.25, 0.3) is 0 Å². The third-order valence-corrected chi connectivity index (χ3v) is 5.73. The third kappa shape index (κ3) is 2.04. The summed E-state index contributed by atoms with van der Waals surface area (Å²) in [6.07, 6.45) is 7.96. The summed E-state index contributed by atoms with van der Waals surface area (Å²) in [5.41, 5.74) is 5.95. The van der Waals surface area contributed by atoms with Crippen LogP contribution in [-0.2, 0) is 0 Å². The Kier molecular flexibility index (Phi) is 3.33. The molecule has 0 aromatic carbocycles. The number of hydrogen-bond donors (Lipinski definition) is 2. The Labute approximate surface area is 106 Å². The van der Waals surface area contributed by atoms with Crippen LogP contribution in [0.4, 0.5) is 0 Å². The van der Waals surface area contributed by atoms with Crippen molar-refractivity contribution in [1.29, 1.82) is 0 Å². The molecular weight excluding hydrogens is 210 g/mol. The number of rotatable bonds is 2. The van der Waals surface area contributed by atoms with Gasteiger partial charge in [-0.1, -0.05) is 33.6 Å². The fourth-order valence-corrected chi connectivity index (χ4v) is 4.53. The molecule has 100 valence electrons. The van der Waals surface area contributed by atoms with E-state index in [1.165, 1.54) is 12.8 Å². The van der Waals surface area contributed by atoms with E-state index in [-0.39, 0.29) is 5.41 Å². The number of nitrogens with two attached hydrogens (primary N) is 1. The van der Waals surface area contributed by atoms with Gasteiger partial charge < -0.3 is 10.8 Å². The van der Waals surface area contributed by atoms with E-state index in [4.69, 9.17) is 5.73 Å². The van der Waals surface area contributed by atoms with E-state index in [9.17, 15) is 5.11 Å². The van der Waals surface area contributed by atoms with E-state index in [2.05, 4.69) is 20.8 Å². The molecular formula is C15H29NO. The predicted molar refractivity (Wildman–Crippen MR) is 71.7 cm³/mol. The normalized spacial score (nSPS) is 40.4. The van der Waals surface area contributed by atoms with Gasteiger partial charge in [0.25, 0.3) is 0 Å². The minimum atomic E-state index is -0.506. The van der Waals surface area contributed by atoms with Crippen molar-refractivity contribution >= 4 is 0 Å². The molecule has 0 radical (unpaired) electrons. The van der Waals surface area contributed by atoms with Crippen molar-refractivity contribution in [1.82, 2.24) is 0 Å². The molecule has 0 spiro atoms. The smallest absolute Gasteiger partial charge is 0.0741 e. The van der Waals surface area contributed by atoms with Crippen LogP contribution >= 0.6 is 0 Å². The minimum Gasteiger partial charge on any atom is -0.389 e. The summed E-state index contributed by atoms with van der Waals surface area (Å²) in [6, 6.07) is 0. The van der Waals surface area contributed by atoms with Gasteiger partial charge in [0.2, 0.25) is 0 Å². The second-order valence-corrected chi connectivity index (χ2v) is 7.39. The molecule has 17 heavy (non-hydrogen) atoms. The van der Waals surface area contributed by atoms with Crippen LogP contribution in [0.15, 0.2) is 0 Å². The minimum absolute atomic E-state index is 0.0168. The largest absolute Gasteiger partial charge is 0.389 e. The first kappa shape index (κ1) is 13.4. The maximum atomic E-state index is 11.2. The quantitative estimate of drug-likeness (QED) is 0.778. The Morgan fingerprint density at radius 3 is 2.18 bits per heavy atom. The average molecular weight is 239 g/mol. The van der Waals surface area contributed by atoms with Crippen molar-refractivity contribution in [2.45, 2.75) is 71.3 Å². The van der Waals surface area contributed by atoms with Gasteiger partial charge in [-0.2, -0.15) is 0 Å². The average Bonchev–Trinajstić information content (AvgIpc) is 2.74. The molecule has 0 aliphatic heterocycles. The van der Waals surface area contributed by atoms with Crippen LogP contribution < -0.4 is 5.73 Å². The highest BCUT2D eigenvalue weighted by Gasteiger charge is 2.56. The molecule has 0 aromatic heterocycles. The van der Waals surface area contributed by atoms with Gasteiger partial charge >= 0.3 is 0 Å². The fourth-order valence-electron chi connectivity index (χ4n) is 4.53. The van der Waals surface area contributed by atoms with Crippen molar-refractivity contribution in [3.05, 3.63) is 0 Å². The van der Waals surface area contributed by atoms with Crippen molar-refractivity contribution in [2.24, 2.45) is 22.5 Å². The van der Waals surface area contributed by atoms with E-state index in [0.29, 0.717) is 17.9 Å². The lowest BCUT2D eigenvalue weighted by Gasteiger charge is -2.54. The molecule has 2 unspecified atom stereocenters. The second kappa shape index (κ2) is 4.24. The standard InChI is InChI=1S/C15H29NO/c1-12-10-13(2,3)8-9-15(12,17)14(11-16)6-4-5-7-14/h12,17H,4-11,16H2,1-3H3. The molecule has 0 heterocycles. The van der Waals surface area contributed by atoms with E-state index >= 15 is 0 Å². The van der Waals surface area contributed by atoms with E-state index in [0.717, 1.165) is 32.1 Å². The van der Waals surface area contributed by atoms with Crippen molar-refractivity contribution in [2.75, 3.05) is 6.54 Å². The molecule has 2 atom stereocenters. The van der Waals surface area contributed by atoms with E-state index < -0.39 is 5.60 Å². The van der Waals surface area contributed by atoms with Crippen molar-refractivity contribution in [3.8, 4) is 0 Å². The second-order valence-electron chi connectivity index (χ2n) is 7.39. The monoisotopic (exact) mass is 239 g/mol. The molecule has 2 nitrogen and oxygen atoms in total. The molecule has 2 aliphatic rings. The zero-order valence-electron chi connectivity index (χ0n) is 11.8. The highest BCUT2D eigenvalue weighted by molar-refractivity contribution is 5.07. The first-order valence-corrected chi connectivity index (χ1v) is 7.28. The summed E-state index contributed by atoms with van der Waals surface area (Å²) in [5.74, 6) is 0.382. The van der Waals surface area contributed by atoms with Gasteiger partial charge in [-0.3, -0.25) is 0 Å². The highest BCUT2D eigenvalue weighted by atomic mass is 16.3. The van der Waals surface area contributed by atoms with Crippen molar-refractivity contribution < 1.29 is 5.11 Å². The summed E-state index contributed by atoms with van der Waals surface area (Å²) in [7, 11) is 0. The first-order chi connectivity index (χ1) is 7.85. The van der Waals surface area contributed by atoms with Crippen LogP contribution in [-0.4, -0.2) is 17.3 Å². The van der Waals surface area contributed by atoms with Gasteiger partial charge in [-0.05, 0) is 43.4 Å². The first-order valence-electron chi connectivity index (χ1n) is 7.28. The Morgan fingerprint density at radius 1 is 1.12 bits per heavy atom. The van der Waals surface area contributed by atoms with E-state index in [1.807, 2.05) is 0 Å². The van der Waals surface area contributed by atoms with Crippen LogP contribution in [0.1, 0.15) is 65.7 Å². The highest BCUT2D eigenvalue weighted by Crippen LogP contribution is 2.56. The molecule has 0 amide bonds. The van der Waals surface area contributed by atoms with E-state index in [1.54, 1.807) is 0 Å². The van der Waals surface area contributed by atoms with Gasteiger partial charge in [0.05, 0.1) is 5.60 Å². The summed E-state index contributed by atoms with van der Waals surface area (Å²) in [6.45, 7) is 7.55. The van der Waals surface area contributed by atoms with Crippen LogP contribution in [0, 0.1) is 16.7 Å². The summed E-state index contributed by atoms with van der Waals surface area (Å²) in [5, 5.41) is 11.2. The van der Waals surface area contributed by atoms with Gasteiger partial charge in [0.1, 0.15) is 0 Å². The summed E-state index contributed by atoms with van der Waals surface area (Å²) >= 11 is 0. The van der Waals surface area contributed by atoms with Gasteiger partial charge in [-0.25, -0.2) is 0 Å². The van der Waals surface area contributed by atoms with Gasteiger partial charge in [0, 0.05) is 12.0 Å². The maximum Gasteiger partial charge on any atom is 0.0741 e. The Balaban J connectivity index is 2.23. The lowest BCUT2D eigenvalue weighted by molar-refractivity contribution is -0.155. The molecule has 0 aromatic rings. The van der Waals surface area contributed by atoms with Crippen LogP contribution in [0.5, 0.6) is 0 Å². The predicted octanol–water partition coefficient (Wildman–Crippen LogP) is 3.08. The lowest BCUT2D eigenvalue weighted by Crippen LogP contribution is -2.58. The molecule has 2 aliphatic carbocycles. The van der Waals surface area contributed by atoms with Gasteiger partial charge in [0.15, 0.2) is 0 Å². The molecule has 0 saturated heterocycles. The van der Waals surface area contributed by atoms with Crippen LogP contribution in [0.3, 0.4) is 0 Å². The Hall–Kier alpha value is -0.0800. The molecule has 2 heteroatoms. The SMILES string of the molecule is CC1CC(C)(C)CCC1(O)C1(CN)CCCC1. The molecule has 3 N–H and O–H groups in total. The lowest BCUT2D eigenvalue weighted by atomic mass is 9.55. The number of hydrogen-bond acceptors (Lipinski definition) is 2. The van der Waals surface area contributed by atoms with Crippen molar-refractivity contribution in [3.63, 3.8) is 0 Å². The topological polar surface area (TPSA) is 46.2 Å². The summed E-state index contributed by atoms with van der Waals surface area (Å²) < 4.78 is 0. The maximum absolute atomic E-state index is 11.2. The zero-order valence-corrected chi connectivity index (χ0v) is 11.8. The third-order valence-electron chi connectivity index (χ3n) is 5.73. The van der Waals surface area contributed by atoms with Gasteiger partial charge in [-0.15, -0.1) is 0 Å². The fraction of sp³-hybridized carbons (Fsp3) is 1.00. The number of aliphatic hydroxyl groups is 1. The molecule has 2 fully saturated rings. The molecule has 0 bridgehead atoms. The molecule has 2 saturated carbocycles.